The number of halogens is 2. The van der Waals surface area contributed by atoms with Gasteiger partial charge in [-0.3, -0.25) is 9.69 Å². The number of benzene rings is 2. The molecule has 0 bridgehead atoms. The lowest BCUT2D eigenvalue weighted by Crippen LogP contribution is -2.53. The summed E-state index contributed by atoms with van der Waals surface area (Å²) in [6.07, 6.45) is 0. The third kappa shape index (κ3) is 4.26. The van der Waals surface area contributed by atoms with Gasteiger partial charge < -0.3 is 10.0 Å². The van der Waals surface area contributed by atoms with Crippen LogP contribution in [0, 0.1) is 11.3 Å². The second kappa shape index (κ2) is 9.47. The Bertz CT molecular complexity index is 1450. The number of carbonyl (C=O) groups excluding carboxylic acids is 2. The van der Waals surface area contributed by atoms with E-state index in [1.165, 1.54) is 34.4 Å². The highest BCUT2D eigenvalue weighted by Gasteiger charge is 2.64. The molecule has 37 heavy (non-hydrogen) atoms. The number of anilines is 1. The minimum absolute atomic E-state index is 0.214. The molecule has 8 nitrogen and oxygen atoms in total. The first-order valence-corrected chi connectivity index (χ1v) is 12.9. The van der Waals surface area contributed by atoms with Gasteiger partial charge in [-0.05, 0) is 42.0 Å². The number of hydrogen-bond donors (Lipinski definition) is 1. The van der Waals surface area contributed by atoms with Crippen LogP contribution in [0.3, 0.4) is 0 Å². The molecule has 3 amide bonds. The van der Waals surface area contributed by atoms with Crippen molar-refractivity contribution in [3.63, 3.8) is 0 Å². The number of hydrogen-bond acceptors (Lipinski definition) is 6. The quantitative estimate of drug-likeness (QED) is 0.440. The van der Waals surface area contributed by atoms with Gasteiger partial charge in [-0.25, -0.2) is 14.5 Å². The Balaban J connectivity index is 1.56. The van der Waals surface area contributed by atoms with Gasteiger partial charge >= 0.3 is 12.0 Å². The van der Waals surface area contributed by atoms with Crippen molar-refractivity contribution >= 4 is 58.1 Å². The van der Waals surface area contributed by atoms with E-state index in [1.54, 1.807) is 30.6 Å². The third-order valence-electron chi connectivity index (χ3n) is 6.96. The summed E-state index contributed by atoms with van der Waals surface area (Å²) < 4.78 is 0. The fourth-order valence-electron chi connectivity index (χ4n) is 5.21. The number of nitriles is 1. The molecule has 5 rings (SSSR count). The molecule has 188 valence electrons. The van der Waals surface area contributed by atoms with Gasteiger partial charge in [-0.2, -0.15) is 5.26 Å². The normalized spacial score (nSPS) is 21.7. The largest absolute Gasteiger partial charge is 0.478 e. The summed E-state index contributed by atoms with van der Waals surface area (Å²) >= 11 is 13.7. The van der Waals surface area contributed by atoms with Crippen molar-refractivity contribution in [2.75, 3.05) is 25.0 Å². The molecular weight excluding hydrogens is 537 g/mol. The molecule has 0 radical (unpaired) electrons. The van der Waals surface area contributed by atoms with Crippen molar-refractivity contribution < 1.29 is 19.5 Å². The molecule has 0 unspecified atom stereocenters. The Morgan fingerprint density at radius 2 is 1.84 bits per heavy atom. The topological polar surface area (TPSA) is 105 Å². The minimum Gasteiger partial charge on any atom is -0.478 e. The molecule has 2 aromatic carbocycles. The highest BCUT2D eigenvalue weighted by atomic mass is 35.5. The number of carboxylic acids is 1. The van der Waals surface area contributed by atoms with Gasteiger partial charge in [0.15, 0.2) is 0 Å². The molecule has 3 heterocycles. The molecular formula is C26H20Cl2N4O4S. The van der Waals surface area contributed by atoms with Crippen LogP contribution >= 0.6 is 34.5 Å². The highest BCUT2D eigenvalue weighted by molar-refractivity contribution is 7.10. The second-order valence-corrected chi connectivity index (χ2v) is 11.0. The number of rotatable bonds is 5. The van der Waals surface area contributed by atoms with E-state index >= 15 is 0 Å². The Hall–Kier alpha value is -3.42. The summed E-state index contributed by atoms with van der Waals surface area (Å²) in [6, 6.07) is 14.8. The standard InChI is InChI=1S/C26H20Cl2N4O4S/c1-30-25(36)32(20-8-18(27)7-19(28)9-20)24(35)26(30)14-31(11-21-6-17(13-37-21)23(33)34)12-22(26)16-4-2-15(10-29)3-5-16/h2-9,13,22H,11-12,14H2,1H3,(H,33,34)/t22-,26+/m0/s1/i10+2. The number of thiophene rings is 1. The van der Waals surface area contributed by atoms with E-state index in [0.29, 0.717) is 28.7 Å². The fraction of sp³-hybridized carbons (Fsp3) is 0.231. The van der Waals surface area contributed by atoms with Crippen LogP contribution in [0.15, 0.2) is 53.9 Å². The van der Waals surface area contributed by atoms with Gasteiger partial charge in [0.2, 0.25) is 0 Å². The summed E-state index contributed by atoms with van der Waals surface area (Å²) in [7, 11) is 1.61. The van der Waals surface area contributed by atoms with Crippen molar-refractivity contribution in [3.8, 4) is 6.07 Å². The number of carbonyl (C=O) groups is 3. The van der Waals surface area contributed by atoms with Gasteiger partial charge in [-0.15, -0.1) is 11.3 Å². The fourth-order valence-corrected chi connectivity index (χ4v) is 6.62. The van der Waals surface area contributed by atoms with Crippen LogP contribution in [0.2, 0.25) is 10.0 Å². The number of aromatic carboxylic acids is 1. The average molecular weight is 557 g/mol. The van der Waals surface area contributed by atoms with Gasteiger partial charge in [0.25, 0.3) is 5.91 Å². The molecule has 2 aliphatic heterocycles. The van der Waals surface area contributed by atoms with Crippen LogP contribution in [0.4, 0.5) is 10.5 Å². The predicted molar refractivity (Wildman–Crippen MR) is 140 cm³/mol. The SMILES string of the molecule is CN1C(=O)N(c2cc(Cl)cc(Cl)c2)C(=O)[C@]12CN(Cc1cc(C(=O)O)cs1)C[C@H]2c1ccc([14C]#N)cc1. The Labute approximate surface area is 226 Å². The molecule has 1 aromatic heterocycles. The maximum Gasteiger partial charge on any atom is 0.336 e. The molecule has 11 heteroatoms. The number of nitrogens with zero attached hydrogens (tertiary/aromatic N) is 4. The highest BCUT2D eigenvalue weighted by Crippen LogP contribution is 2.47. The first kappa shape index (κ1) is 25.2. The number of amides is 3. The third-order valence-corrected chi connectivity index (χ3v) is 8.32. The lowest BCUT2D eigenvalue weighted by Gasteiger charge is -2.34. The summed E-state index contributed by atoms with van der Waals surface area (Å²) in [6.45, 7) is 1.11. The van der Waals surface area contributed by atoms with Gasteiger partial charge in [0.05, 0.1) is 22.9 Å². The maximum absolute atomic E-state index is 14.2. The van der Waals surface area contributed by atoms with E-state index < -0.39 is 29.4 Å². The van der Waals surface area contributed by atoms with E-state index in [0.717, 1.165) is 15.3 Å². The van der Waals surface area contributed by atoms with E-state index in [-0.39, 0.29) is 17.8 Å². The molecule has 2 atom stereocenters. The van der Waals surface area contributed by atoms with E-state index in [1.807, 2.05) is 12.1 Å². The maximum atomic E-state index is 14.2. The Morgan fingerprint density at radius 1 is 1.16 bits per heavy atom. The molecule has 2 fully saturated rings. The minimum atomic E-state index is -1.23. The van der Waals surface area contributed by atoms with Crippen molar-refractivity contribution in [3.05, 3.63) is 85.5 Å². The number of imide groups is 1. The lowest BCUT2D eigenvalue weighted by molar-refractivity contribution is -0.124. The zero-order valence-corrected chi connectivity index (χ0v) is 21.8. The zero-order valence-electron chi connectivity index (χ0n) is 19.5. The zero-order chi connectivity index (χ0) is 26.5. The van der Waals surface area contributed by atoms with Gasteiger partial charge in [0.1, 0.15) is 5.54 Å². The van der Waals surface area contributed by atoms with Crippen molar-refractivity contribution in [1.29, 1.82) is 5.26 Å². The van der Waals surface area contributed by atoms with Gasteiger partial charge in [-0.1, -0.05) is 35.3 Å². The van der Waals surface area contributed by atoms with Crippen LogP contribution < -0.4 is 4.90 Å². The van der Waals surface area contributed by atoms with Gasteiger partial charge in [0, 0.05) is 52.9 Å². The van der Waals surface area contributed by atoms with Crippen LogP contribution in [0.25, 0.3) is 0 Å². The number of likely N-dealkylation sites (N-methyl/N-ethyl adjacent to an activating group) is 1. The molecule has 2 aliphatic rings. The number of urea groups is 1. The number of likely N-dealkylation sites (tertiary alicyclic amines) is 1. The summed E-state index contributed by atoms with van der Waals surface area (Å²) in [5.41, 5.74) is 0.582. The summed E-state index contributed by atoms with van der Waals surface area (Å²) in [5, 5.41) is 20.7. The summed E-state index contributed by atoms with van der Waals surface area (Å²) in [5.74, 6) is -1.80. The Morgan fingerprint density at radius 3 is 2.43 bits per heavy atom. The van der Waals surface area contributed by atoms with Crippen LogP contribution in [0.1, 0.15) is 32.3 Å². The van der Waals surface area contributed by atoms with E-state index in [2.05, 4.69) is 11.0 Å². The van der Waals surface area contributed by atoms with Crippen LogP contribution in [-0.4, -0.2) is 58.5 Å². The molecule has 2 saturated heterocycles. The monoisotopic (exact) mass is 556 g/mol. The molecule has 3 aromatic rings. The van der Waals surface area contributed by atoms with Crippen molar-refractivity contribution in [1.82, 2.24) is 9.80 Å². The molecule has 0 aliphatic carbocycles. The van der Waals surface area contributed by atoms with Crippen molar-refractivity contribution in [2.45, 2.75) is 18.0 Å². The second-order valence-electron chi connectivity index (χ2n) is 9.10. The van der Waals surface area contributed by atoms with E-state index in [4.69, 9.17) is 23.2 Å². The predicted octanol–water partition coefficient (Wildman–Crippen LogP) is 5.06. The first-order valence-electron chi connectivity index (χ1n) is 11.3. The molecule has 1 spiro atoms. The Kier molecular flexibility index (Phi) is 6.46. The van der Waals surface area contributed by atoms with Crippen LogP contribution in [0.5, 0.6) is 0 Å². The lowest BCUT2D eigenvalue weighted by atomic mass is 9.80. The van der Waals surface area contributed by atoms with E-state index in [9.17, 15) is 24.8 Å². The van der Waals surface area contributed by atoms with Crippen LogP contribution in [-0.2, 0) is 11.3 Å². The first-order chi connectivity index (χ1) is 17.6. The average Bonchev–Trinajstić information content (AvgIpc) is 3.53. The number of carboxylic acid groups (broad SMARTS) is 1. The van der Waals surface area contributed by atoms with Crippen molar-refractivity contribution in [2.24, 2.45) is 0 Å². The molecule has 0 saturated carbocycles. The summed E-state index contributed by atoms with van der Waals surface area (Å²) in [4.78, 5) is 44.6. The smallest absolute Gasteiger partial charge is 0.336 e. The molecule has 1 N–H and O–H groups in total.